The molecule has 2 aromatic rings. The molecule has 0 amide bonds. The molecule has 112 valence electrons. The van der Waals surface area contributed by atoms with Crippen molar-refractivity contribution in [3.8, 4) is 28.5 Å². The molecule has 1 aromatic heterocycles. The predicted octanol–water partition coefficient (Wildman–Crippen LogP) is 2.94. The molecular formula is C14H14F2N2O3. The van der Waals surface area contributed by atoms with E-state index in [1.807, 2.05) is 0 Å². The number of alkyl halides is 2. The third-order valence-corrected chi connectivity index (χ3v) is 3.23. The SMILES string of the molecule is COc1cc(OC(F)F)ccc1-c1cnn2c1OCCC2. The van der Waals surface area contributed by atoms with E-state index in [2.05, 4.69) is 9.84 Å². The molecule has 0 unspecified atom stereocenters. The van der Waals surface area contributed by atoms with Gasteiger partial charge in [-0.15, -0.1) is 0 Å². The average Bonchev–Trinajstić information content (AvgIpc) is 2.90. The summed E-state index contributed by atoms with van der Waals surface area (Å²) in [6.07, 6.45) is 2.60. The highest BCUT2D eigenvalue weighted by Gasteiger charge is 2.20. The number of halogens is 2. The van der Waals surface area contributed by atoms with Gasteiger partial charge in [-0.1, -0.05) is 0 Å². The molecule has 0 saturated carbocycles. The summed E-state index contributed by atoms with van der Waals surface area (Å²) in [6, 6.07) is 4.55. The summed E-state index contributed by atoms with van der Waals surface area (Å²) < 4.78 is 41.6. The summed E-state index contributed by atoms with van der Waals surface area (Å²) in [5.41, 5.74) is 1.50. The molecule has 0 aliphatic carbocycles. The van der Waals surface area contributed by atoms with Crippen LogP contribution in [0.3, 0.4) is 0 Å². The fraction of sp³-hybridized carbons (Fsp3) is 0.357. The molecule has 2 heterocycles. The van der Waals surface area contributed by atoms with E-state index in [-0.39, 0.29) is 5.75 Å². The molecule has 1 aliphatic heterocycles. The smallest absolute Gasteiger partial charge is 0.387 e. The standard InChI is InChI=1S/C14H14F2N2O3/c1-19-12-7-9(21-14(15)16)3-4-10(12)11-8-17-18-5-2-6-20-13(11)18/h3-4,7-8,14H,2,5-6H2,1H3. The van der Waals surface area contributed by atoms with E-state index in [1.165, 1.54) is 19.2 Å². The van der Waals surface area contributed by atoms with Crippen molar-refractivity contribution in [1.82, 2.24) is 9.78 Å². The van der Waals surface area contributed by atoms with Crippen LogP contribution in [0, 0.1) is 0 Å². The van der Waals surface area contributed by atoms with Crippen molar-refractivity contribution in [2.75, 3.05) is 13.7 Å². The number of fused-ring (bicyclic) bond motifs is 1. The molecule has 0 atom stereocenters. The summed E-state index contributed by atoms with van der Waals surface area (Å²) >= 11 is 0. The average molecular weight is 296 g/mol. The third-order valence-electron chi connectivity index (χ3n) is 3.23. The molecule has 7 heteroatoms. The van der Waals surface area contributed by atoms with Gasteiger partial charge in [0.2, 0.25) is 5.88 Å². The summed E-state index contributed by atoms with van der Waals surface area (Å²) in [5.74, 6) is 1.15. The maximum atomic E-state index is 12.3. The zero-order valence-corrected chi connectivity index (χ0v) is 11.4. The van der Waals surface area contributed by atoms with Gasteiger partial charge in [-0.25, -0.2) is 4.68 Å². The van der Waals surface area contributed by atoms with Gasteiger partial charge < -0.3 is 14.2 Å². The van der Waals surface area contributed by atoms with Gasteiger partial charge in [0.1, 0.15) is 11.5 Å². The molecule has 0 bridgehead atoms. The van der Waals surface area contributed by atoms with Crippen LogP contribution in [0.4, 0.5) is 8.78 Å². The number of ether oxygens (including phenoxy) is 3. The van der Waals surface area contributed by atoms with Crippen molar-refractivity contribution in [3.05, 3.63) is 24.4 Å². The number of aromatic nitrogens is 2. The fourth-order valence-corrected chi connectivity index (χ4v) is 2.32. The Hall–Kier alpha value is -2.31. The number of hydrogen-bond acceptors (Lipinski definition) is 4. The Morgan fingerprint density at radius 1 is 1.33 bits per heavy atom. The molecule has 21 heavy (non-hydrogen) atoms. The van der Waals surface area contributed by atoms with Gasteiger partial charge in [-0.3, -0.25) is 0 Å². The second-order valence-corrected chi connectivity index (χ2v) is 4.53. The molecule has 5 nitrogen and oxygen atoms in total. The fourth-order valence-electron chi connectivity index (χ4n) is 2.32. The third kappa shape index (κ3) is 2.63. The highest BCUT2D eigenvalue weighted by Crippen LogP contribution is 2.39. The Balaban J connectivity index is 2.00. The second-order valence-electron chi connectivity index (χ2n) is 4.53. The lowest BCUT2D eigenvalue weighted by Gasteiger charge is -2.17. The van der Waals surface area contributed by atoms with Crippen molar-refractivity contribution in [2.45, 2.75) is 19.6 Å². The Bertz CT molecular complexity index is 643. The van der Waals surface area contributed by atoms with Gasteiger partial charge >= 0.3 is 6.61 Å². The monoisotopic (exact) mass is 296 g/mol. The molecule has 0 saturated heterocycles. The lowest BCUT2D eigenvalue weighted by Crippen LogP contribution is -2.14. The Kier molecular flexibility index (Phi) is 3.64. The number of aryl methyl sites for hydroxylation is 1. The molecule has 0 N–H and O–H groups in total. The summed E-state index contributed by atoms with van der Waals surface area (Å²) in [6.45, 7) is -1.44. The van der Waals surface area contributed by atoms with Crippen LogP contribution in [0.2, 0.25) is 0 Å². The van der Waals surface area contributed by atoms with E-state index in [9.17, 15) is 8.78 Å². The predicted molar refractivity (Wildman–Crippen MR) is 71.0 cm³/mol. The number of methoxy groups -OCH3 is 1. The Morgan fingerprint density at radius 2 is 2.19 bits per heavy atom. The van der Waals surface area contributed by atoms with Crippen molar-refractivity contribution >= 4 is 0 Å². The van der Waals surface area contributed by atoms with Crippen molar-refractivity contribution in [3.63, 3.8) is 0 Å². The van der Waals surface area contributed by atoms with Crippen molar-refractivity contribution in [1.29, 1.82) is 0 Å². The number of benzene rings is 1. The van der Waals surface area contributed by atoms with E-state index in [0.717, 1.165) is 24.1 Å². The first-order chi connectivity index (χ1) is 10.2. The molecular weight excluding hydrogens is 282 g/mol. The minimum absolute atomic E-state index is 0.0487. The summed E-state index contributed by atoms with van der Waals surface area (Å²) in [7, 11) is 1.47. The minimum atomic E-state index is -2.87. The molecule has 1 aromatic carbocycles. The van der Waals surface area contributed by atoms with E-state index in [4.69, 9.17) is 9.47 Å². The van der Waals surface area contributed by atoms with Crippen LogP contribution < -0.4 is 14.2 Å². The maximum absolute atomic E-state index is 12.3. The van der Waals surface area contributed by atoms with Gasteiger partial charge in [-0.05, 0) is 12.1 Å². The van der Waals surface area contributed by atoms with E-state index in [1.54, 1.807) is 16.9 Å². The van der Waals surface area contributed by atoms with Crippen LogP contribution in [-0.4, -0.2) is 30.1 Å². The van der Waals surface area contributed by atoms with Crippen LogP contribution in [0.1, 0.15) is 6.42 Å². The van der Waals surface area contributed by atoms with Gasteiger partial charge in [0.05, 0.1) is 25.5 Å². The lowest BCUT2D eigenvalue weighted by molar-refractivity contribution is -0.0499. The highest BCUT2D eigenvalue weighted by atomic mass is 19.3. The number of nitrogens with zero attached hydrogens (tertiary/aromatic N) is 2. The second kappa shape index (κ2) is 5.59. The minimum Gasteiger partial charge on any atom is -0.496 e. The normalized spacial score (nSPS) is 13.7. The first-order valence-electron chi connectivity index (χ1n) is 6.51. The topological polar surface area (TPSA) is 45.5 Å². The van der Waals surface area contributed by atoms with Crippen molar-refractivity contribution < 1.29 is 23.0 Å². The van der Waals surface area contributed by atoms with Crippen molar-refractivity contribution in [2.24, 2.45) is 0 Å². The zero-order chi connectivity index (χ0) is 14.8. The van der Waals surface area contributed by atoms with E-state index in [0.29, 0.717) is 18.2 Å². The Labute approximate surface area is 120 Å². The van der Waals surface area contributed by atoms with Gasteiger partial charge in [0.25, 0.3) is 0 Å². The van der Waals surface area contributed by atoms with E-state index >= 15 is 0 Å². The first kappa shape index (κ1) is 13.7. The zero-order valence-electron chi connectivity index (χ0n) is 11.4. The van der Waals surface area contributed by atoms with Crippen LogP contribution in [0.25, 0.3) is 11.1 Å². The van der Waals surface area contributed by atoms with Crippen LogP contribution >= 0.6 is 0 Å². The largest absolute Gasteiger partial charge is 0.496 e. The van der Waals surface area contributed by atoms with Gasteiger partial charge in [0.15, 0.2) is 0 Å². The summed E-state index contributed by atoms with van der Waals surface area (Å²) in [5, 5.41) is 4.26. The van der Waals surface area contributed by atoms with Gasteiger partial charge in [0, 0.05) is 24.6 Å². The van der Waals surface area contributed by atoms with Gasteiger partial charge in [-0.2, -0.15) is 13.9 Å². The molecule has 0 radical (unpaired) electrons. The highest BCUT2D eigenvalue weighted by molar-refractivity contribution is 5.75. The number of hydrogen-bond donors (Lipinski definition) is 0. The van der Waals surface area contributed by atoms with Crippen LogP contribution in [0.5, 0.6) is 17.4 Å². The van der Waals surface area contributed by atoms with Crippen LogP contribution in [0.15, 0.2) is 24.4 Å². The van der Waals surface area contributed by atoms with Crippen LogP contribution in [-0.2, 0) is 6.54 Å². The molecule has 0 spiro atoms. The quantitative estimate of drug-likeness (QED) is 0.870. The summed E-state index contributed by atoms with van der Waals surface area (Å²) in [4.78, 5) is 0. The molecule has 1 aliphatic rings. The van der Waals surface area contributed by atoms with E-state index < -0.39 is 6.61 Å². The lowest BCUT2D eigenvalue weighted by atomic mass is 10.1. The molecule has 0 fully saturated rings. The maximum Gasteiger partial charge on any atom is 0.387 e. The Morgan fingerprint density at radius 3 is 2.95 bits per heavy atom. The first-order valence-corrected chi connectivity index (χ1v) is 6.51. The number of rotatable bonds is 4. The molecule has 3 rings (SSSR count).